The summed E-state index contributed by atoms with van der Waals surface area (Å²) in [7, 11) is 0. The van der Waals surface area contributed by atoms with Gasteiger partial charge in [-0.25, -0.2) is 10.2 Å². The van der Waals surface area contributed by atoms with Crippen LogP contribution in [-0.2, 0) is 19.1 Å². The summed E-state index contributed by atoms with van der Waals surface area (Å²) in [6.07, 6.45) is 1.43. The van der Waals surface area contributed by atoms with Crippen molar-refractivity contribution in [1.82, 2.24) is 16.1 Å². The molecule has 2 aliphatic rings. The molecule has 37 heavy (non-hydrogen) atoms. The van der Waals surface area contributed by atoms with Gasteiger partial charge in [-0.15, -0.1) is 0 Å². The number of hydrogen-bond donors (Lipinski definition) is 3. The van der Waals surface area contributed by atoms with Crippen molar-refractivity contribution >= 4 is 41.3 Å². The van der Waals surface area contributed by atoms with Crippen LogP contribution in [0.1, 0.15) is 31.2 Å². The molecule has 11 nitrogen and oxygen atoms in total. The molecule has 1 fully saturated rings. The molecule has 0 bridgehead atoms. The molecule has 1 atom stereocenters. The summed E-state index contributed by atoms with van der Waals surface area (Å²) in [6, 6.07) is 10.1. The van der Waals surface area contributed by atoms with Crippen LogP contribution >= 0.6 is 12.2 Å². The van der Waals surface area contributed by atoms with E-state index in [0.717, 1.165) is 19.0 Å². The van der Waals surface area contributed by atoms with E-state index >= 15 is 0 Å². The Labute approximate surface area is 219 Å². The van der Waals surface area contributed by atoms with Crippen LogP contribution in [0.3, 0.4) is 0 Å². The summed E-state index contributed by atoms with van der Waals surface area (Å²) in [6.45, 7) is 6.27. The number of hydrogen-bond acceptors (Lipinski definition) is 9. The summed E-state index contributed by atoms with van der Waals surface area (Å²) >= 11 is 5.29. The molecule has 2 aliphatic heterocycles. The van der Waals surface area contributed by atoms with Gasteiger partial charge in [-0.3, -0.25) is 4.79 Å². The van der Waals surface area contributed by atoms with Gasteiger partial charge in [-0.05, 0) is 38.2 Å². The van der Waals surface area contributed by atoms with Crippen LogP contribution in [0.25, 0.3) is 0 Å². The fourth-order valence-corrected chi connectivity index (χ4v) is 4.24. The number of nitrogens with one attached hydrogen (secondary N) is 3. The second kappa shape index (κ2) is 12.4. The lowest BCUT2D eigenvalue weighted by atomic mass is 9.95. The average Bonchev–Trinajstić information content (AvgIpc) is 3.37. The van der Waals surface area contributed by atoms with E-state index in [4.69, 9.17) is 30.8 Å². The minimum atomic E-state index is -0.607. The number of esters is 1. The zero-order chi connectivity index (χ0) is 26.2. The van der Waals surface area contributed by atoms with Crippen LogP contribution in [0.5, 0.6) is 5.75 Å². The predicted octanol–water partition coefficient (Wildman–Crippen LogP) is 2.00. The van der Waals surface area contributed by atoms with Crippen molar-refractivity contribution in [2.24, 2.45) is 5.10 Å². The molecule has 1 saturated heterocycles. The van der Waals surface area contributed by atoms with Crippen LogP contribution in [0.2, 0.25) is 0 Å². The molecule has 1 aromatic heterocycles. The van der Waals surface area contributed by atoms with Gasteiger partial charge in [0.1, 0.15) is 11.5 Å². The SMILES string of the molecule is CCOC(=O)C1=C(C)NC(=S)N[C@H]1c1ccccc1OCC(=O)NN=Cc1ccc(N2CCOCC2)o1. The predicted molar refractivity (Wildman–Crippen MR) is 140 cm³/mol. The normalized spacial score (nSPS) is 17.8. The van der Waals surface area contributed by atoms with Crippen LogP contribution < -0.4 is 25.7 Å². The Bertz CT molecular complexity index is 1200. The molecular formula is C25H29N5O6S. The molecule has 3 N–H and O–H groups in total. The van der Waals surface area contributed by atoms with Crippen LogP contribution in [0.4, 0.5) is 5.88 Å². The number of para-hydroxylation sites is 1. The number of benzene rings is 1. The van der Waals surface area contributed by atoms with Crippen molar-refractivity contribution < 1.29 is 28.2 Å². The molecule has 0 radical (unpaired) electrons. The number of anilines is 1. The molecular weight excluding hydrogens is 498 g/mol. The topological polar surface area (TPSA) is 127 Å². The van der Waals surface area contributed by atoms with E-state index in [0.29, 0.717) is 46.7 Å². The lowest BCUT2D eigenvalue weighted by Crippen LogP contribution is -2.45. The van der Waals surface area contributed by atoms with Crippen molar-refractivity contribution in [3.63, 3.8) is 0 Å². The number of carbonyl (C=O) groups excluding carboxylic acids is 2. The second-order valence-corrected chi connectivity index (χ2v) is 8.59. The van der Waals surface area contributed by atoms with Crippen LogP contribution in [0, 0.1) is 0 Å². The first-order valence-corrected chi connectivity index (χ1v) is 12.3. The Hall–Kier alpha value is -3.90. The molecule has 2 aromatic rings. The van der Waals surface area contributed by atoms with Crippen molar-refractivity contribution in [3.05, 3.63) is 59.0 Å². The maximum absolute atomic E-state index is 12.7. The number of amides is 1. The van der Waals surface area contributed by atoms with E-state index < -0.39 is 17.9 Å². The van der Waals surface area contributed by atoms with Crippen LogP contribution in [0.15, 0.2) is 57.2 Å². The number of morpholine rings is 1. The summed E-state index contributed by atoms with van der Waals surface area (Å²) in [5.41, 5.74) is 4.04. The quantitative estimate of drug-likeness (QED) is 0.193. The number of furan rings is 1. The molecule has 3 heterocycles. The van der Waals surface area contributed by atoms with Gasteiger partial charge in [0.15, 0.2) is 17.6 Å². The zero-order valence-electron chi connectivity index (χ0n) is 20.6. The van der Waals surface area contributed by atoms with Crippen molar-refractivity contribution in [2.45, 2.75) is 19.9 Å². The molecule has 0 spiro atoms. The van der Waals surface area contributed by atoms with Gasteiger partial charge in [0.2, 0.25) is 0 Å². The van der Waals surface area contributed by atoms with Gasteiger partial charge in [0, 0.05) is 30.4 Å². The summed E-state index contributed by atoms with van der Waals surface area (Å²) in [4.78, 5) is 27.1. The Morgan fingerprint density at radius 2 is 2.03 bits per heavy atom. The molecule has 12 heteroatoms. The number of nitrogens with zero attached hydrogens (tertiary/aromatic N) is 2. The minimum Gasteiger partial charge on any atom is -0.483 e. The Morgan fingerprint density at radius 3 is 2.81 bits per heavy atom. The van der Waals surface area contributed by atoms with Crippen molar-refractivity contribution in [3.8, 4) is 5.75 Å². The third kappa shape index (κ3) is 6.66. The minimum absolute atomic E-state index is 0.234. The molecule has 4 rings (SSSR count). The highest BCUT2D eigenvalue weighted by atomic mass is 32.1. The number of hydrazone groups is 1. The molecule has 196 valence electrons. The molecule has 1 amide bonds. The first-order chi connectivity index (χ1) is 18.0. The van der Waals surface area contributed by atoms with E-state index in [1.807, 2.05) is 12.1 Å². The summed E-state index contributed by atoms with van der Waals surface area (Å²) < 4.78 is 22.1. The zero-order valence-corrected chi connectivity index (χ0v) is 21.4. The number of ether oxygens (including phenoxy) is 3. The van der Waals surface area contributed by atoms with Gasteiger partial charge in [-0.1, -0.05) is 18.2 Å². The lowest BCUT2D eigenvalue weighted by molar-refractivity contribution is -0.139. The maximum atomic E-state index is 12.7. The van der Waals surface area contributed by atoms with E-state index in [1.54, 1.807) is 38.1 Å². The van der Waals surface area contributed by atoms with Gasteiger partial charge in [-0.2, -0.15) is 5.10 Å². The molecule has 0 saturated carbocycles. The first kappa shape index (κ1) is 26.2. The van der Waals surface area contributed by atoms with Gasteiger partial charge in [0.25, 0.3) is 5.91 Å². The fraction of sp³-hybridized carbons (Fsp3) is 0.360. The smallest absolute Gasteiger partial charge is 0.338 e. The second-order valence-electron chi connectivity index (χ2n) is 8.19. The average molecular weight is 528 g/mol. The number of allylic oxidation sites excluding steroid dienone is 1. The fourth-order valence-electron chi connectivity index (χ4n) is 3.97. The third-order valence-corrected chi connectivity index (χ3v) is 5.89. The van der Waals surface area contributed by atoms with Gasteiger partial charge in [0.05, 0.1) is 37.7 Å². The number of thiocarbonyl (C=S) groups is 1. The van der Waals surface area contributed by atoms with E-state index in [9.17, 15) is 9.59 Å². The van der Waals surface area contributed by atoms with Gasteiger partial charge >= 0.3 is 5.97 Å². The van der Waals surface area contributed by atoms with E-state index in [1.165, 1.54) is 6.21 Å². The van der Waals surface area contributed by atoms with Crippen LogP contribution in [-0.4, -0.2) is 62.7 Å². The molecule has 0 aliphatic carbocycles. The first-order valence-electron chi connectivity index (χ1n) is 11.9. The largest absolute Gasteiger partial charge is 0.483 e. The van der Waals surface area contributed by atoms with E-state index in [2.05, 4.69) is 26.1 Å². The van der Waals surface area contributed by atoms with Crippen molar-refractivity contribution in [1.29, 1.82) is 0 Å². The highest BCUT2D eigenvalue weighted by Gasteiger charge is 2.32. The highest BCUT2D eigenvalue weighted by Crippen LogP contribution is 2.33. The monoisotopic (exact) mass is 527 g/mol. The molecule has 1 aromatic carbocycles. The number of rotatable bonds is 9. The highest BCUT2D eigenvalue weighted by molar-refractivity contribution is 7.80. The van der Waals surface area contributed by atoms with E-state index in [-0.39, 0.29) is 13.2 Å². The number of carbonyl (C=O) groups is 2. The van der Waals surface area contributed by atoms with Gasteiger partial charge < -0.3 is 34.2 Å². The molecule has 0 unspecified atom stereocenters. The van der Waals surface area contributed by atoms with Crippen molar-refractivity contribution in [2.75, 3.05) is 44.4 Å². The lowest BCUT2D eigenvalue weighted by Gasteiger charge is -2.30. The maximum Gasteiger partial charge on any atom is 0.338 e. The summed E-state index contributed by atoms with van der Waals surface area (Å²) in [5.74, 6) is 0.726. The Kier molecular flexibility index (Phi) is 8.75. The summed E-state index contributed by atoms with van der Waals surface area (Å²) in [5, 5.41) is 10.4. The standard InChI is InChI=1S/C25H29N5O6S/c1-3-34-24(32)22-16(2)27-25(37)28-23(22)18-6-4-5-7-19(18)35-15-20(31)29-26-14-17-8-9-21(36-17)30-10-12-33-13-11-30/h4-9,14,23H,3,10-13,15H2,1-2H3,(H,29,31)(H2,27,28,37)/t23-/m0/s1. The third-order valence-electron chi connectivity index (χ3n) is 5.67. The Balaban J connectivity index is 1.38. The Morgan fingerprint density at radius 1 is 1.24 bits per heavy atom.